The van der Waals surface area contributed by atoms with E-state index >= 15 is 0 Å². The fourth-order valence-electron chi connectivity index (χ4n) is 2.31. The summed E-state index contributed by atoms with van der Waals surface area (Å²) in [6.45, 7) is 0.359. The largest absolute Gasteiger partial charge is 0.389 e. The van der Waals surface area contributed by atoms with Crippen LogP contribution in [0.4, 0.5) is 0 Å². The van der Waals surface area contributed by atoms with Crippen LogP contribution < -0.4 is 0 Å². The zero-order valence-electron chi connectivity index (χ0n) is 7.85. The van der Waals surface area contributed by atoms with Crippen LogP contribution in [0, 0.1) is 11.8 Å². The molecule has 3 heteroatoms. The van der Waals surface area contributed by atoms with Crippen LogP contribution >= 0.6 is 0 Å². The van der Waals surface area contributed by atoms with E-state index in [0.29, 0.717) is 18.6 Å². The summed E-state index contributed by atoms with van der Waals surface area (Å²) in [5.74, 6) is 0.889. The second-order valence-electron chi connectivity index (χ2n) is 3.88. The molecular weight excluding hydrogens is 168 g/mol. The number of aliphatic hydroxyl groups excluding tert-OH is 1. The van der Waals surface area contributed by atoms with Gasteiger partial charge in [-0.3, -0.25) is 0 Å². The highest BCUT2D eigenvalue weighted by Gasteiger charge is 2.39. The Hall–Kier alpha value is -0.380. The molecule has 3 nitrogen and oxygen atoms in total. The molecule has 2 aliphatic rings. The maximum atomic E-state index is 9.57. The van der Waals surface area contributed by atoms with Crippen molar-refractivity contribution in [3.63, 3.8) is 0 Å². The van der Waals surface area contributed by atoms with Crippen LogP contribution in [0.15, 0.2) is 12.2 Å². The summed E-state index contributed by atoms with van der Waals surface area (Å²) in [5.41, 5.74) is 0. The Bertz CT molecular complexity index is 202. The van der Waals surface area contributed by atoms with E-state index in [1.54, 1.807) is 7.11 Å². The SMILES string of the molecule is COCOC1C[C@@H]2C[C@@H]1C=CC2O. The Morgan fingerprint density at radius 1 is 1.38 bits per heavy atom. The van der Waals surface area contributed by atoms with Gasteiger partial charge in [0.25, 0.3) is 0 Å². The molecule has 13 heavy (non-hydrogen) atoms. The maximum Gasteiger partial charge on any atom is 0.146 e. The van der Waals surface area contributed by atoms with Gasteiger partial charge in [0, 0.05) is 13.0 Å². The Morgan fingerprint density at radius 2 is 2.23 bits per heavy atom. The molecule has 1 N–H and O–H groups in total. The standard InChI is InChI=1S/C10H16O3/c1-12-6-13-10-5-8-4-7(10)2-3-9(8)11/h2-3,7-11H,4-6H2,1H3/t7-,8-,9?,10?/m0/s1. The van der Waals surface area contributed by atoms with E-state index in [1.165, 1.54) is 0 Å². The molecule has 0 aromatic carbocycles. The third-order valence-electron chi connectivity index (χ3n) is 3.03. The number of rotatable bonds is 3. The van der Waals surface area contributed by atoms with Gasteiger partial charge in [0.1, 0.15) is 6.79 Å². The van der Waals surface area contributed by atoms with Crippen molar-refractivity contribution < 1.29 is 14.6 Å². The first-order valence-electron chi connectivity index (χ1n) is 4.78. The Morgan fingerprint density at radius 3 is 2.92 bits per heavy atom. The average Bonchev–Trinajstić information content (AvgIpc) is 2.48. The predicted octanol–water partition coefficient (Wildman–Crippen LogP) is 0.932. The smallest absolute Gasteiger partial charge is 0.146 e. The maximum absolute atomic E-state index is 9.57. The van der Waals surface area contributed by atoms with Gasteiger partial charge in [-0.1, -0.05) is 12.2 Å². The summed E-state index contributed by atoms with van der Waals surface area (Å²) in [6.07, 6.45) is 5.99. The molecule has 2 unspecified atom stereocenters. The minimum Gasteiger partial charge on any atom is -0.389 e. The van der Waals surface area contributed by atoms with E-state index in [9.17, 15) is 5.11 Å². The van der Waals surface area contributed by atoms with Gasteiger partial charge in [-0.05, 0) is 18.8 Å². The first-order valence-corrected chi connectivity index (χ1v) is 4.78. The van der Waals surface area contributed by atoms with Gasteiger partial charge >= 0.3 is 0 Å². The molecule has 4 atom stereocenters. The predicted molar refractivity (Wildman–Crippen MR) is 48.1 cm³/mol. The molecule has 1 fully saturated rings. The first-order chi connectivity index (χ1) is 6.31. The number of fused-ring (bicyclic) bond motifs is 2. The molecule has 0 saturated heterocycles. The van der Waals surface area contributed by atoms with Crippen molar-refractivity contribution in [1.82, 2.24) is 0 Å². The van der Waals surface area contributed by atoms with Gasteiger partial charge in [-0.15, -0.1) is 0 Å². The van der Waals surface area contributed by atoms with E-state index in [-0.39, 0.29) is 12.2 Å². The van der Waals surface area contributed by atoms with Crippen LogP contribution in [0.3, 0.4) is 0 Å². The lowest BCUT2D eigenvalue weighted by atomic mass is 9.93. The zero-order chi connectivity index (χ0) is 9.26. The van der Waals surface area contributed by atoms with Gasteiger partial charge in [0.15, 0.2) is 0 Å². The van der Waals surface area contributed by atoms with Crippen molar-refractivity contribution in [2.24, 2.45) is 11.8 Å². The highest BCUT2D eigenvalue weighted by molar-refractivity contribution is 5.09. The monoisotopic (exact) mass is 184 g/mol. The third-order valence-corrected chi connectivity index (χ3v) is 3.03. The van der Waals surface area contributed by atoms with E-state index < -0.39 is 0 Å². The van der Waals surface area contributed by atoms with Gasteiger partial charge in [0.05, 0.1) is 12.2 Å². The topological polar surface area (TPSA) is 38.7 Å². The van der Waals surface area contributed by atoms with Crippen molar-refractivity contribution in [2.45, 2.75) is 25.0 Å². The summed E-state index contributed by atoms with van der Waals surface area (Å²) >= 11 is 0. The number of aliphatic hydroxyl groups is 1. The Balaban J connectivity index is 1.92. The van der Waals surface area contributed by atoms with Gasteiger partial charge in [0.2, 0.25) is 0 Å². The second kappa shape index (κ2) is 3.78. The lowest BCUT2D eigenvalue weighted by Crippen LogP contribution is -2.18. The molecule has 0 aromatic rings. The van der Waals surface area contributed by atoms with Gasteiger partial charge in [-0.2, -0.15) is 0 Å². The van der Waals surface area contributed by atoms with Crippen LogP contribution in [0.5, 0.6) is 0 Å². The van der Waals surface area contributed by atoms with E-state index in [4.69, 9.17) is 9.47 Å². The molecule has 2 bridgehead atoms. The summed E-state index contributed by atoms with van der Waals surface area (Å²) in [4.78, 5) is 0. The molecule has 2 aliphatic carbocycles. The molecule has 74 valence electrons. The molecule has 1 saturated carbocycles. The molecule has 0 amide bonds. The van der Waals surface area contributed by atoms with E-state index in [2.05, 4.69) is 6.08 Å². The lowest BCUT2D eigenvalue weighted by Gasteiger charge is -2.18. The average molecular weight is 184 g/mol. The number of methoxy groups -OCH3 is 1. The highest BCUT2D eigenvalue weighted by Crippen LogP contribution is 2.39. The fraction of sp³-hybridized carbons (Fsp3) is 0.800. The summed E-state index contributed by atoms with van der Waals surface area (Å²) in [5, 5.41) is 9.57. The van der Waals surface area contributed by atoms with Crippen molar-refractivity contribution in [3.05, 3.63) is 12.2 Å². The number of hydrogen-bond acceptors (Lipinski definition) is 3. The lowest BCUT2D eigenvalue weighted by molar-refractivity contribution is -0.0787. The molecule has 2 rings (SSSR count). The Kier molecular flexibility index (Phi) is 2.67. The van der Waals surface area contributed by atoms with Crippen LogP contribution in [0.2, 0.25) is 0 Å². The fourth-order valence-corrected chi connectivity index (χ4v) is 2.31. The van der Waals surface area contributed by atoms with Crippen molar-refractivity contribution >= 4 is 0 Å². The number of ether oxygens (including phenoxy) is 2. The quantitative estimate of drug-likeness (QED) is 0.524. The van der Waals surface area contributed by atoms with Gasteiger partial charge < -0.3 is 14.6 Å². The highest BCUT2D eigenvalue weighted by atomic mass is 16.7. The summed E-state index contributed by atoms with van der Waals surface area (Å²) in [7, 11) is 1.63. The normalized spacial score (nSPS) is 42.6. The van der Waals surface area contributed by atoms with Crippen LogP contribution in [0.25, 0.3) is 0 Å². The molecule has 0 heterocycles. The van der Waals surface area contributed by atoms with Crippen LogP contribution in [0.1, 0.15) is 12.8 Å². The van der Waals surface area contributed by atoms with Crippen LogP contribution in [-0.2, 0) is 9.47 Å². The van der Waals surface area contributed by atoms with Crippen molar-refractivity contribution in [3.8, 4) is 0 Å². The van der Waals surface area contributed by atoms with E-state index in [1.807, 2.05) is 6.08 Å². The Labute approximate surface area is 78.3 Å². The second-order valence-corrected chi connectivity index (χ2v) is 3.88. The third kappa shape index (κ3) is 1.77. The molecule has 0 spiro atoms. The molecular formula is C10H16O3. The summed E-state index contributed by atoms with van der Waals surface area (Å²) < 4.78 is 10.4. The molecule has 0 aromatic heterocycles. The van der Waals surface area contributed by atoms with Crippen molar-refractivity contribution in [1.29, 1.82) is 0 Å². The summed E-state index contributed by atoms with van der Waals surface area (Å²) in [6, 6.07) is 0. The van der Waals surface area contributed by atoms with Gasteiger partial charge in [-0.25, -0.2) is 0 Å². The molecule has 0 aliphatic heterocycles. The number of hydrogen-bond donors (Lipinski definition) is 1. The first kappa shape index (κ1) is 9.19. The minimum atomic E-state index is -0.257. The van der Waals surface area contributed by atoms with Crippen molar-refractivity contribution in [2.75, 3.05) is 13.9 Å². The zero-order valence-corrected chi connectivity index (χ0v) is 7.85. The van der Waals surface area contributed by atoms with Crippen LogP contribution in [-0.4, -0.2) is 31.2 Å². The van der Waals surface area contributed by atoms with E-state index in [0.717, 1.165) is 12.8 Å². The minimum absolute atomic E-state index is 0.248. The molecule has 0 radical (unpaired) electrons.